The van der Waals surface area contributed by atoms with Crippen LogP contribution in [0.25, 0.3) is 0 Å². The molecule has 220 valence electrons. The van der Waals surface area contributed by atoms with Crippen molar-refractivity contribution < 1.29 is 18.0 Å². The van der Waals surface area contributed by atoms with Crippen LogP contribution in [0, 0.1) is 20.8 Å². The number of aryl methyl sites for hydroxylation is 3. The SMILES string of the molecule is CCCCNC(=O)[C@@H](CC)N(Cc1ccc(Cl)cc1)C(=O)CN(c1cc(C)cc(C)c1)S(=O)(=O)c1ccc(C)cc1. The van der Waals surface area contributed by atoms with Crippen molar-refractivity contribution in [2.75, 3.05) is 17.4 Å². The molecule has 0 saturated heterocycles. The summed E-state index contributed by atoms with van der Waals surface area (Å²) >= 11 is 6.08. The Bertz CT molecular complexity index is 1420. The van der Waals surface area contributed by atoms with Gasteiger partial charge in [0.2, 0.25) is 11.8 Å². The number of sulfonamides is 1. The molecule has 0 aliphatic carbocycles. The molecule has 0 aliphatic rings. The van der Waals surface area contributed by atoms with Gasteiger partial charge in [-0.25, -0.2) is 8.42 Å². The van der Waals surface area contributed by atoms with Gasteiger partial charge < -0.3 is 10.2 Å². The first-order chi connectivity index (χ1) is 19.5. The molecule has 1 atom stereocenters. The van der Waals surface area contributed by atoms with Gasteiger partial charge in [-0.3, -0.25) is 13.9 Å². The summed E-state index contributed by atoms with van der Waals surface area (Å²) in [5.74, 6) is -0.741. The fraction of sp³-hybridized carbons (Fsp3) is 0.375. The van der Waals surface area contributed by atoms with E-state index in [-0.39, 0.29) is 17.3 Å². The van der Waals surface area contributed by atoms with Crippen molar-refractivity contribution in [1.29, 1.82) is 0 Å². The Hall–Kier alpha value is -3.36. The van der Waals surface area contributed by atoms with Gasteiger partial charge in [0.05, 0.1) is 10.6 Å². The van der Waals surface area contributed by atoms with Crippen LogP contribution in [-0.4, -0.2) is 44.3 Å². The summed E-state index contributed by atoms with van der Waals surface area (Å²) in [6, 6.07) is 18.3. The predicted molar refractivity (Wildman–Crippen MR) is 166 cm³/mol. The molecule has 0 heterocycles. The first-order valence-corrected chi connectivity index (χ1v) is 15.8. The van der Waals surface area contributed by atoms with Crippen LogP contribution in [0.15, 0.2) is 71.6 Å². The summed E-state index contributed by atoms with van der Waals surface area (Å²) in [6.07, 6.45) is 2.11. The van der Waals surface area contributed by atoms with E-state index in [4.69, 9.17) is 11.6 Å². The molecule has 2 amide bonds. The molecule has 9 heteroatoms. The molecule has 3 aromatic rings. The van der Waals surface area contributed by atoms with Crippen molar-refractivity contribution in [2.24, 2.45) is 0 Å². The summed E-state index contributed by atoms with van der Waals surface area (Å²) in [6.45, 7) is 9.70. The quantitative estimate of drug-likeness (QED) is 0.238. The largest absolute Gasteiger partial charge is 0.354 e. The van der Waals surface area contributed by atoms with Crippen molar-refractivity contribution in [3.63, 3.8) is 0 Å². The number of rotatable bonds is 13. The lowest BCUT2D eigenvalue weighted by Gasteiger charge is -2.33. The maximum atomic E-state index is 14.1. The zero-order valence-electron chi connectivity index (χ0n) is 24.5. The Morgan fingerprint density at radius 1 is 0.878 bits per heavy atom. The Morgan fingerprint density at radius 2 is 1.49 bits per heavy atom. The lowest BCUT2D eigenvalue weighted by Crippen LogP contribution is -2.52. The van der Waals surface area contributed by atoms with Crippen LogP contribution >= 0.6 is 11.6 Å². The van der Waals surface area contributed by atoms with Gasteiger partial charge in [0.1, 0.15) is 12.6 Å². The van der Waals surface area contributed by atoms with Gasteiger partial charge in [-0.1, -0.05) is 67.8 Å². The van der Waals surface area contributed by atoms with E-state index >= 15 is 0 Å². The number of unbranched alkanes of at least 4 members (excludes halogenated alkanes) is 1. The lowest BCUT2D eigenvalue weighted by molar-refractivity contribution is -0.140. The number of hydrogen-bond donors (Lipinski definition) is 1. The summed E-state index contributed by atoms with van der Waals surface area (Å²) in [7, 11) is -4.11. The number of carbonyl (C=O) groups is 2. The molecule has 1 N–H and O–H groups in total. The summed E-state index contributed by atoms with van der Waals surface area (Å²) in [5, 5.41) is 3.50. The number of anilines is 1. The van der Waals surface area contributed by atoms with E-state index in [2.05, 4.69) is 5.32 Å². The second-order valence-corrected chi connectivity index (χ2v) is 12.7. The van der Waals surface area contributed by atoms with E-state index in [0.717, 1.165) is 39.4 Å². The van der Waals surface area contributed by atoms with Crippen LogP contribution in [0.5, 0.6) is 0 Å². The second-order valence-electron chi connectivity index (χ2n) is 10.4. The normalized spacial score (nSPS) is 12.0. The van der Waals surface area contributed by atoms with E-state index in [1.54, 1.807) is 60.7 Å². The zero-order chi connectivity index (χ0) is 30.2. The highest BCUT2D eigenvalue weighted by Gasteiger charge is 2.33. The minimum absolute atomic E-state index is 0.0867. The lowest BCUT2D eigenvalue weighted by atomic mass is 10.1. The minimum atomic E-state index is -4.11. The van der Waals surface area contributed by atoms with Crippen molar-refractivity contribution in [3.8, 4) is 0 Å². The van der Waals surface area contributed by atoms with Crippen molar-refractivity contribution in [1.82, 2.24) is 10.2 Å². The van der Waals surface area contributed by atoms with Crippen LogP contribution in [0.4, 0.5) is 5.69 Å². The third-order valence-corrected chi connectivity index (χ3v) is 8.90. The Balaban J connectivity index is 2.06. The number of amides is 2. The van der Waals surface area contributed by atoms with E-state index in [1.807, 2.05) is 40.7 Å². The van der Waals surface area contributed by atoms with E-state index in [0.29, 0.717) is 23.7 Å². The fourth-order valence-electron chi connectivity index (χ4n) is 4.67. The van der Waals surface area contributed by atoms with Gasteiger partial charge in [0, 0.05) is 18.1 Å². The number of carbonyl (C=O) groups excluding carboxylic acids is 2. The molecule has 41 heavy (non-hydrogen) atoms. The van der Waals surface area contributed by atoms with Gasteiger partial charge >= 0.3 is 0 Å². The molecule has 0 bridgehead atoms. The smallest absolute Gasteiger partial charge is 0.264 e. The third kappa shape index (κ3) is 8.57. The van der Waals surface area contributed by atoms with Gasteiger partial charge in [-0.05, 0) is 86.7 Å². The highest BCUT2D eigenvalue weighted by atomic mass is 35.5. The molecule has 0 unspecified atom stereocenters. The maximum Gasteiger partial charge on any atom is 0.264 e. The molecule has 0 aliphatic heterocycles. The molecule has 3 aromatic carbocycles. The Labute approximate surface area is 249 Å². The first-order valence-electron chi connectivity index (χ1n) is 14.0. The van der Waals surface area contributed by atoms with E-state index in [9.17, 15) is 18.0 Å². The molecule has 0 aromatic heterocycles. The topological polar surface area (TPSA) is 86.8 Å². The van der Waals surface area contributed by atoms with Crippen LogP contribution in [0.3, 0.4) is 0 Å². The molecule has 3 rings (SSSR count). The third-order valence-electron chi connectivity index (χ3n) is 6.86. The van der Waals surface area contributed by atoms with Crippen LogP contribution in [0.2, 0.25) is 5.02 Å². The number of benzene rings is 3. The molecular weight excluding hydrogens is 558 g/mol. The number of halogens is 1. The van der Waals surface area contributed by atoms with Crippen LogP contribution in [-0.2, 0) is 26.2 Å². The number of nitrogens with one attached hydrogen (secondary N) is 1. The molecule has 7 nitrogen and oxygen atoms in total. The van der Waals surface area contributed by atoms with Crippen molar-refractivity contribution >= 4 is 39.1 Å². The minimum Gasteiger partial charge on any atom is -0.354 e. The number of hydrogen-bond acceptors (Lipinski definition) is 4. The summed E-state index contributed by atoms with van der Waals surface area (Å²) in [5.41, 5.74) is 3.84. The van der Waals surface area contributed by atoms with E-state index in [1.165, 1.54) is 4.90 Å². The molecule has 0 saturated carbocycles. The standard InChI is InChI=1S/C32H40ClN3O4S/c1-6-8-17-34-32(38)30(7-2)35(21-26-11-13-27(33)14-12-26)31(37)22-36(28-19-24(4)18-25(5)20-28)41(39,40)29-15-9-23(3)10-16-29/h9-16,18-20,30H,6-8,17,21-22H2,1-5H3,(H,34,38)/t30-/m1/s1. The number of nitrogens with zero attached hydrogens (tertiary/aromatic N) is 2. The van der Waals surface area contributed by atoms with Crippen LogP contribution < -0.4 is 9.62 Å². The second kappa shape index (κ2) is 14.5. The Morgan fingerprint density at radius 3 is 2.05 bits per heavy atom. The van der Waals surface area contributed by atoms with Gasteiger partial charge in [0.25, 0.3) is 10.0 Å². The van der Waals surface area contributed by atoms with E-state index < -0.39 is 28.5 Å². The average Bonchev–Trinajstić information content (AvgIpc) is 2.92. The molecular formula is C32H40ClN3O4S. The maximum absolute atomic E-state index is 14.1. The predicted octanol–water partition coefficient (Wildman–Crippen LogP) is 6.18. The summed E-state index contributed by atoms with van der Waals surface area (Å²) < 4.78 is 29.2. The van der Waals surface area contributed by atoms with Crippen molar-refractivity contribution in [2.45, 2.75) is 71.4 Å². The van der Waals surface area contributed by atoms with Crippen molar-refractivity contribution in [3.05, 3.63) is 94.0 Å². The monoisotopic (exact) mass is 597 g/mol. The molecule has 0 spiro atoms. The molecule has 0 radical (unpaired) electrons. The van der Waals surface area contributed by atoms with Gasteiger partial charge in [-0.15, -0.1) is 0 Å². The fourth-order valence-corrected chi connectivity index (χ4v) is 6.20. The van der Waals surface area contributed by atoms with Crippen LogP contribution in [0.1, 0.15) is 55.4 Å². The average molecular weight is 598 g/mol. The first kappa shape index (κ1) is 32.2. The van der Waals surface area contributed by atoms with Gasteiger partial charge in [-0.2, -0.15) is 0 Å². The summed E-state index contributed by atoms with van der Waals surface area (Å²) in [4.78, 5) is 29.0. The highest BCUT2D eigenvalue weighted by molar-refractivity contribution is 7.92. The van der Waals surface area contributed by atoms with Gasteiger partial charge in [0.15, 0.2) is 0 Å². The highest BCUT2D eigenvalue weighted by Crippen LogP contribution is 2.27. The molecule has 0 fully saturated rings. The Kier molecular flexibility index (Phi) is 11.4. The zero-order valence-corrected chi connectivity index (χ0v) is 26.1.